The predicted octanol–water partition coefficient (Wildman–Crippen LogP) is 2.82. The van der Waals surface area contributed by atoms with E-state index >= 15 is 0 Å². The number of quaternary nitrogens is 1. The van der Waals surface area contributed by atoms with Crippen molar-refractivity contribution in [2.75, 3.05) is 19.9 Å². The minimum absolute atomic E-state index is 0.0701. The largest absolute Gasteiger partial charge is 0.872 e. The Labute approximate surface area is 189 Å². The Morgan fingerprint density at radius 3 is 2.84 bits per heavy atom. The molecule has 6 nitrogen and oxygen atoms in total. The van der Waals surface area contributed by atoms with Crippen LogP contribution in [0.15, 0.2) is 34.5 Å². The summed E-state index contributed by atoms with van der Waals surface area (Å²) in [7, 11) is 0. The Balaban J connectivity index is 1.47. The third-order valence-corrected chi connectivity index (χ3v) is 6.75. The molecule has 0 aromatic heterocycles. The van der Waals surface area contributed by atoms with Crippen molar-refractivity contribution in [3.05, 3.63) is 56.8 Å². The number of piperidine rings is 1. The van der Waals surface area contributed by atoms with Crippen molar-refractivity contribution < 1.29 is 29.0 Å². The second-order valence-electron chi connectivity index (χ2n) is 8.56. The van der Waals surface area contributed by atoms with Crippen LogP contribution in [0.25, 0.3) is 6.08 Å². The lowest BCUT2D eigenvalue weighted by Gasteiger charge is -2.29. The first-order valence-electron chi connectivity index (χ1n) is 10.6. The Hall–Kier alpha value is -2.35. The number of likely N-dealkylation sites (tertiary alicyclic amines) is 1. The highest BCUT2D eigenvalue weighted by Crippen LogP contribution is 2.40. The molecule has 2 aromatic rings. The summed E-state index contributed by atoms with van der Waals surface area (Å²) < 4.78 is 17.9. The van der Waals surface area contributed by atoms with Crippen molar-refractivity contribution in [2.45, 2.75) is 32.9 Å². The SMILES string of the molecule is CC1CC[NH+](Cc2c([O-])ccc3c2O/C(=C\c2cc(Br)cc4c2OCOC4)C3=O)CC1. The fourth-order valence-corrected chi connectivity index (χ4v) is 5.03. The molecule has 0 radical (unpaired) electrons. The lowest BCUT2D eigenvalue weighted by atomic mass is 9.98. The quantitative estimate of drug-likeness (QED) is 0.676. The van der Waals surface area contributed by atoms with Gasteiger partial charge in [0.25, 0.3) is 0 Å². The van der Waals surface area contributed by atoms with Crippen LogP contribution in [-0.4, -0.2) is 25.7 Å². The van der Waals surface area contributed by atoms with Crippen molar-refractivity contribution in [3.8, 4) is 17.2 Å². The fraction of sp³-hybridized carbons (Fsp3) is 0.375. The van der Waals surface area contributed by atoms with Crippen molar-refractivity contribution in [2.24, 2.45) is 5.92 Å². The smallest absolute Gasteiger partial charge is 0.231 e. The predicted molar refractivity (Wildman–Crippen MR) is 116 cm³/mol. The number of benzene rings is 2. The highest BCUT2D eigenvalue weighted by molar-refractivity contribution is 9.10. The number of halogens is 1. The molecule has 0 aliphatic carbocycles. The summed E-state index contributed by atoms with van der Waals surface area (Å²) in [4.78, 5) is 14.4. The zero-order chi connectivity index (χ0) is 21.5. The Morgan fingerprint density at radius 1 is 1.23 bits per heavy atom. The van der Waals surface area contributed by atoms with E-state index in [1.165, 1.54) is 11.0 Å². The molecule has 0 saturated carbocycles. The molecule has 0 amide bonds. The Kier molecular flexibility index (Phi) is 5.50. The van der Waals surface area contributed by atoms with Gasteiger partial charge in [-0.15, -0.1) is 0 Å². The van der Waals surface area contributed by atoms with Crippen molar-refractivity contribution >= 4 is 27.8 Å². The first-order chi connectivity index (χ1) is 15.0. The molecule has 3 heterocycles. The zero-order valence-electron chi connectivity index (χ0n) is 17.3. The molecule has 162 valence electrons. The van der Waals surface area contributed by atoms with E-state index in [0.717, 1.165) is 47.4 Å². The summed E-state index contributed by atoms with van der Waals surface area (Å²) >= 11 is 3.50. The molecule has 0 spiro atoms. The molecule has 31 heavy (non-hydrogen) atoms. The van der Waals surface area contributed by atoms with E-state index in [1.807, 2.05) is 12.1 Å². The van der Waals surface area contributed by atoms with Crippen LogP contribution in [0.2, 0.25) is 0 Å². The third-order valence-electron chi connectivity index (χ3n) is 6.30. The molecule has 0 unspecified atom stereocenters. The summed E-state index contributed by atoms with van der Waals surface area (Å²) in [6, 6.07) is 6.90. The summed E-state index contributed by atoms with van der Waals surface area (Å²) in [6.45, 7) is 5.53. The second kappa shape index (κ2) is 8.30. The number of nitrogens with one attached hydrogen (secondary N) is 1. The topological polar surface area (TPSA) is 72.3 Å². The van der Waals surface area contributed by atoms with Crippen molar-refractivity contribution in [3.63, 3.8) is 0 Å². The molecule has 2 aromatic carbocycles. The van der Waals surface area contributed by atoms with E-state index in [-0.39, 0.29) is 24.1 Å². The van der Waals surface area contributed by atoms with Gasteiger partial charge in [-0.05, 0) is 43.0 Å². The van der Waals surface area contributed by atoms with Crippen LogP contribution in [-0.2, 0) is 17.9 Å². The molecule has 3 aliphatic rings. The number of fused-ring (bicyclic) bond motifs is 2. The second-order valence-corrected chi connectivity index (χ2v) is 9.48. The van der Waals surface area contributed by atoms with Crippen LogP contribution in [0.4, 0.5) is 0 Å². The molecule has 1 saturated heterocycles. The van der Waals surface area contributed by atoms with Gasteiger partial charge in [0.15, 0.2) is 12.6 Å². The number of ether oxygens (including phenoxy) is 3. The van der Waals surface area contributed by atoms with Crippen LogP contribution in [0.1, 0.15) is 46.8 Å². The average Bonchev–Trinajstić information content (AvgIpc) is 3.07. The van der Waals surface area contributed by atoms with E-state index in [0.29, 0.717) is 35.8 Å². The number of allylic oxidation sites excluding steroid dienone is 1. The molecule has 0 atom stereocenters. The maximum Gasteiger partial charge on any atom is 0.231 e. The standard InChI is InChI=1S/C24H24BrNO5/c1-14-4-6-26(7-5-14)11-19-20(27)3-2-18-22(28)21(31-24(18)19)10-15-8-17(25)9-16-12-29-13-30-23(15)16/h2-3,8-10,14,27H,4-7,11-13H2,1H3/b21-10-. The van der Waals surface area contributed by atoms with Gasteiger partial charge in [0.05, 0.1) is 25.3 Å². The van der Waals surface area contributed by atoms with Gasteiger partial charge in [-0.2, -0.15) is 0 Å². The van der Waals surface area contributed by atoms with Crippen molar-refractivity contribution in [1.29, 1.82) is 0 Å². The van der Waals surface area contributed by atoms with Crippen LogP contribution < -0.4 is 19.5 Å². The Bertz CT molecular complexity index is 1070. The van der Waals surface area contributed by atoms with E-state index in [4.69, 9.17) is 14.2 Å². The summed E-state index contributed by atoms with van der Waals surface area (Å²) in [5.41, 5.74) is 2.70. The first-order valence-corrected chi connectivity index (χ1v) is 11.4. The zero-order valence-corrected chi connectivity index (χ0v) is 18.9. The first kappa shape index (κ1) is 20.5. The normalized spacial score (nSPS) is 23.8. The van der Waals surface area contributed by atoms with Gasteiger partial charge in [-0.25, -0.2) is 0 Å². The summed E-state index contributed by atoms with van der Waals surface area (Å²) in [5.74, 6) is 1.76. The number of carbonyl (C=O) groups excluding carboxylic acids is 1. The fourth-order valence-electron chi connectivity index (χ4n) is 4.51. The molecule has 0 bridgehead atoms. The number of rotatable bonds is 3. The van der Waals surface area contributed by atoms with Crippen LogP contribution >= 0.6 is 15.9 Å². The number of carbonyl (C=O) groups is 1. The molecular formula is C24H24BrNO5. The van der Waals surface area contributed by atoms with Gasteiger partial charge in [0.2, 0.25) is 5.78 Å². The summed E-state index contributed by atoms with van der Waals surface area (Å²) in [5, 5.41) is 12.7. The lowest BCUT2D eigenvalue weighted by molar-refractivity contribution is -0.919. The minimum atomic E-state index is -0.209. The van der Waals surface area contributed by atoms with E-state index in [1.54, 1.807) is 12.1 Å². The lowest BCUT2D eigenvalue weighted by Crippen LogP contribution is -3.11. The van der Waals surface area contributed by atoms with Crippen LogP contribution in [0, 0.1) is 5.92 Å². The molecule has 7 heteroatoms. The monoisotopic (exact) mass is 485 g/mol. The number of Topliss-reactive ketones (excluding diaryl/α,β-unsaturated/α-hetero) is 1. The third kappa shape index (κ3) is 3.97. The van der Waals surface area contributed by atoms with E-state index in [2.05, 4.69) is 22.9 Å². The highest BCUT2D eigenvalue weighted by Gasteiger charge is 2.32. The summed E-state index contributed by atoms with van der Waals surface area (Å²) in [6.07, 6.45) is 4.00. The van der Waals surface area contributed by atoms with Gasteiger partial charge >= 0.3 is 0 Å². The molecular weight excluding hydrogens is 462 g/mol. The molecule has 1 N–H and O–H groups in total. The van der Waals surface area contributed by atoms with Crippen molar-refractivity contribution in [1.82, 2.24) is 0 Å². The van der Waals surface area contributed by atoms with Gasteiger partial charge in [0.1, 0.15) is 18.0 Å². The molecule has 5 rings (SSSR count). The average molecular weight is 486 g/mol. The number of ketones is 1. The number of hydrogen-bond donors (Lipinski definition) is 1. The van der Waals surface area contributed by atoms with Gasteiger partial charge < -0.3 is 24.2 Å². The Morgan fingerprint density at radius 2 is 2.03 bits per heavy atom. The highest BCUT2D eigenvalue weighted by atomic mass is 79.9. The molecule has 3 aliphatic heterocycles. The maximum atomic E-state index is 13.1. The maximum absolute atomic E-state index is 13.1. The van der Waals surface area contributed by atoms with Gasteiger partial charge in [0, 0.05) is 21.2 Å². The molecule has 1 fully saturated rings. The van der Waals surface area contributed by atoms with Gasteiger partial charge in [-0.1, -0.05) is 34.7 Å². The van der Waals surface area contributed by atoms with E-state index < -0.39 is 0 Å². The van der Waals surface area contributed by atoms with Crippen LogP contribution in [0.5, 0.6) is 17.2 Å². The minimum Gasteiger partial charge on any atom is -0.872 e. The number of hydrogen-bond acceptors (Lipinski definition) is 5. The van der Waals surface area contributed by atoms with E-state index in [9.17, 15) is 9.90 Å². The van der Waals surface area contributed by atoms with Gasteiger partial charge in [-0.3, -0.25) is 4.79 Å². The van der Waals surface area contributed by atoms with Crippen LogP contribution in [0.3, 0.4) is 0 Å².